The molecule has 0 fully saturated rings. The average Bonchev–Trinajstić information content (AvgIpc) is 3.01. The number of aliphatic imine (C=N–C) groups is 1. The molecule has 0 atom stereocenters. The molecule has 1 aromatic heterocycles. The third-order valence-electron chi connectivity index (χ3n) is 4.53. The van der Waals surface area contributed by atoms with Gasteiger partial charge in [0, 0.05) is 17.2 Å². The zero-order valence-corrected chi connectivity index (χ0v) is 16.2. The molecule has 3 aromatic carbocycles. The summed E-state index contributed by atoms with van der Waals surface area (Å²) in [7, 11) is -3.31. The van der Waals surface area contributed by atoms with Gasteiger partial charge in [-0.1, -0.05) is 30.3 Å². The molecule has 4 rings (SSSR count). The van der Waals surface area contributed by atoms with Crippen LogP contribution in [0.3, 0.4) is 0 Å². The lowest BCUT2D eigenvalue weighted by Crippen LogP contribution is -2.03. The van der Waals surface area contributed by atoms with Crippen LogP contribution < -0.4 is 0 Å². The van der Waals surface area contributed by atoms with E-state index >= 15 is 0 Å². The maximum absolute atomic E-state index is 13.6. The molecule has 0 unspecified atom stereocenters. The van der Waals surface area contributed by atoms with Gasteiger partial charge < -0.3 is 10.1 Å². The first kappa shape index (κ1) is 18.9. The van der Waals surface area contributed by atoms with Gasteiger partial charge in [0.05, 0.1) is 27.4 Å². The normalized spacial score (nSPS) is 12.4. The lowest BCUT2D eigenvalue weighted by molar-refractivity contribution is 0.457. The monoisotopic (exact) mass is 408 g/mol. The molecule has 0 bridgehead atoms. The van der Waals surface area contributed by atoms with Gasteiger partial charge in [-0.25, -0.2) is 17.8 Å². The highest BCUT2D eigenvalue weighted by Crippen LogP contribution is 2.32. The number of aromatic amines is 1. The molecule has 1 heterocycles. The number of H-pyrrole nitrogens is 1. The van der Waals surface area contributed by atoms with Gasteiger partial charge in [0.1, 0.15) is 5.82 Å². The predicted octanol–water partition coefficient (Wildman–Crippen LogP) is 4.59. The second kappa shape index (κ2) is 7.18. The first-order valence-electron chi connectivity index (χ1n) is 8.78. The number of hydrogen-bond donors (Lipinski definition) is 2. The molecule has 0 aliphatic rings. The molecule has 2 N–H and O–H groups in total. The Balaban J connectivity index is 1.93. The number of nitrogens with zero attached hydrogens (tertiary/aromatic N) is 1. The van der Waals surface area contributed by atoms with E-state index in [4.69, 9.17) is 0 Å². The first-order chi connectivity index (χ1) is 13.8. The summed E-state index contributed by atoms with van der Waals surface area (Å²) >= 11 is 0. The van der Waals surface area contributed by atoms with Crippen molar-refractivity contribution in [1.29, 1.82) is 0 Å². The maximum atomic E-state index is 13.6. The van der Waals surface area contributed by atoms with Crippen molar-refractivity contribution in [2.45, 2.75) is 4.90 Å². The highest BCUT2D eigenvalue weighted by Gasteiger charge is 2.19. The van der Waals surface area contributed by atoms with E-state index in [1.807, 2.05) is 30.3 Å². The third-order valence-corrected chi connectivity index (χ3v) is 5.66. The lowest BCUT2D eigenvalue weighted by Gasteiger charge is -2.08. The van der Waals surface area contributed by atoms with Gasteiger partial charge in [0.15, 0.2) is 15.7 Å². The second-order valence-corrected chi connectivity index (χ2v) is 8.65. The first-order valence-corrected chi connectivity index (χ1v) is 10.7. The van der Waals surface area contributed by atoms with E-state index in [1.54, 1.807) is 18.2 Å². The van der Waals surface area contributed by atoms with Crippen molar-refractivity contribution in [2.24, 2.45) is 4.99 Å². The van der Waals surface area contributed by atoms with Crippen molar-refractivity contribution in [1.82, 2.24) is 4.98 Å². The van der Waals surface area contributed by atoms with Gasteiger partial charge in [0.2, 0.25) is 0 Å². The topological polar surface area (TPSA) is 82.5 Å². The van der Waals surface area contributed by atoms with Gasteiger partial charge in [-0.2, -0.15) is 0 Å². The summed E-state index contributed by atoms with van der Waals surface area (Å²) in [6.07, 6.45) is 1.14. The van der Waals surface area contributed by atoms with Crippen LogP contribution in [0.25, 0.3) is 10.9 Å². The quantitative estimate of drug-likeness (QED) is 0.485. The molecule has 5 nitrogen and oxygen atoms in total. The van der Waals surface area contributed by atoms with Crippen molar-refractivity contribution in [3.05, 3.63) is 89.7 Å². The highest BCUT2D eigenvalue weighted by molar-refractivity contribution is 7.90. The Morgan fingerprint density at radius 3 is 2.34 bits per heavy atom. The van der Waals surface area contributed by atoms with Crippen molar-refractivity contribution in [2.75, 3.05) is 6.26 Å². The number of sulfone groups is 1. The molecule has 4 aromatic rings. The lowest BCUT2D eigenvalue weighted by atomic mass is 10.0. The molecule has 0 saturated heterocycles. The molecule has 0 saturated carbocycles. The number of fused-ring (bicyclic) bond motifs is 1. The molecular formula is C22H17FN2O3S. The summed E-state index contributed by atoms with van der Waals surface area (Å²) < 4.78 is 37.0. The Bertz CT molecular complexity index is 1330. The van der Waals surface area contributed by atoms with Crippen LogP contribution in [0.1, 0.15) is 11.1 Å². The predicted molar refractivity (Wildman–Crippen MR) is 111 cm³/mol. The van der Waals surface area contributed by atoms with Crippen molar-refractivity contribution >= 4 is 32.1 Å². The number of rotatable bonds is 4. The molecule has 0 radical (unpaired) electrons. The zero-order chi connectivity index (χ0) is 20.6. The fraction of sp³-hybridized carbons (Fsp3) is 0.0455. The SMILES string of the molecule is CS(=O)(=O)c1ccc(N=C(c2ccccc2)c2c(O)[nH]c3cc(F)ccc23)cc1. The van der Waals surface area contributed by atoms with E-state index in [2.05, 4.69) is 9.98 Å². The minimum absolute atomic E-state index is 0.124. The minimum atomic E-state index is -3.31. The molecule has 29 heavy (non-hydrogen) atoms. The van der Waals surface area contributed by atoms with E-state index in [1.165, 1.54) is 24.3 Å². The number of hydrogen-bond acceptors (Lipinski definition) is 4. The number of aromatic nitrogens is 1. The fourth-order valence-electron chi connectivity index (χ4n) is 3.15. The molecule has 7 heteroatoms. The molecule has 0 spiro atoms. The van der Waals surface area contributed by atoms with Crippen LogP contribution in [0.5, 0.6) is 5.88 Å². The van der Waals surface area contributed by atoms with E-state index in [-0.39, 0.29) is 10.8 Å². The number of halogens is 1. The van der Waals surface area contributed by atoms with Gasteiger partial charge in [-0.15, -0.1) is 0 Å². The Kier molecular flexibility index (Phi) is 4.68. The van der Waals surface area contributed by atoms with Crippen LogP contribution in [0.4, 0.5) is 10.1 Å². The Morgan fingerprint density at radius 1 is 1.00 bits per heavy atom. The largest absolute Gasteiger partial charge is 0.494 e. The van der Waals surface area contributed by atoms with Crippen LogP contribution in [0.2, 0.25) is 0 Å². The molecule has 0 aliphatic heterocycles. The van der Waals surface area contributed by atoms with Gasteiger partial charge in [-0.05, 0) is 42.5 Å². The molecular weight excluding hydrogens is 391 g/mol. The zero-order valence-electron chi connectivity index (χ0n) is 15.4. The Labute approximate surface area is 167 Å². The number of benzene rings is 3. The summed E-state index contributed by atoms with van der Waals surface area (Å²) in [4.78, 5) is 7.66. The minimum Gasteiger partial charge on any atom is -0.494 e. The van der Waals surface area contributed by atoms with Crippen LogP contribution in [0, 0.1) is 5.82 Å². The fourth-order valence-corrected chi connectivity index (χ4v) is 3.78. The van der Waals surface area contributed by atoms with E-state index < -0.39 is 15.7 Å². The molecule has 146 valence electrons. The summed E-state index contributed by atoms with van der Waals surface area (Å²) in [5.74, 6) is -0.541. The van der Waals surface area contributed by atoms with Crippen molar-refractivity contribution < 1.29 is 17.9 Å². The van der Waals surface area contributed by atoms with Crippen LogP contribution in [-0.2, 0) is 9.84 Å². The van der Waals surface area contributed by atoms with E-state index in [9.17, 15) is 17.9 Å². The van der Waals surface area contributed by atoms with Crippen molar-refractivity contribution in [3.8, 4) is 5.88 Å². The standard InChI is InChI=1S/C22H17FN2O3S/c1-29(27,28)17-10-8-16(9-11-17)24-21(14-5-3-2-4-6-14)20-18-12-7-15(23)13-19(18)25-22(20)26/h2-13,25-26H,1H3. The van der Waals surface area contributed by atoms with E-state index in [0.717, 1.165) is 11.8 Å². The van der Waals surface area contributed by atoms with Gasteiger partial charge in [-0.3, -0.25) is 0 Å². The molecule has 0 amide bonds. The second-order valence-electron chi connectivity index (χ2n) is 6.63. The average molecular weight is 408 g/mol. The van der Waals surface area contributed by atoms with Gasteiger partial charge >= 0.3 is 0 Å². The summed E-state index contributed by atoms with van der Waals surface area (Å²) in [6.45, 7) is 0. The smallest absolute Gasteiger partial charge is 0.199 e. The van der Waals surface area contributed by atoms with E-state index in [0.29, 0.717) is 27.9 Å². The van der Waals surface area contributed by atoms with Crippen LogP contribution >= 0.6 is 0 Å². The summed E-state index contributed by atoms with van der Waals surface area (Å²) in [5, 5.41) is 11.2. The third kappa shape index (κ3) is 3.77. The van der Waals surface area contributed by atoms with Gasteiger partial charge in [0.25, 0.3) is 0 Å². The number of aromatic hydroxyl groups is 1. The van der Waals surface area contributed by atoms with Crippen molar-refractivity contribution in [3.63, 3.8) is 0 Å². The highest BCUT2D eigenvalue weighted by atomic mass is 32.2. The maximum Gasteiger partial charge on any atom is 0.199 e. The van der Waals surface area contributed by atoms with Crippen LogP contribution in [-0.4, -0.2) is 30.5 Å². The molecule has 0 aliphatic carbocycles. The summed E-state index contributed by atoms with van der Waals surface area (Å²) in [5.41, 5.74) is 2.65. The number of nitrogens with one attached hydrogen (secondary N) is 1. The summed E-state index contributed by atoms with van der Waals surface area (Å²) in [6, 6.07) is 19.7. The Hall–Kier alpha value is -3.45. The van der Waals surface area contributed by atoms with Crippen LogP contribution in [0.15, 0.2) is 82.7 Å². The Morgan fingerprint density at radius 2 is 1.69 bits per heavy atom.